The second kappa shape index (κ2) is 11.0. The van der Waals surface area contributed by atoms with Gasteiger partial charge in [-0.05, 0) is 37.1 Å². The molecule has 1 saturated heterocycles. The molecular weight excluding hydrogens is 430 g/mol. The van der Waals surface area contributed by atoms with Gasteiger partial charge < -0.3 is 20.0 Å². The van der Waals surface area contributed by atoms with Gasteiger partial charge in [0.1, 0.15) is 5.69 Å². The number of hydrogen-bond donors (Lipinski definition) is 1. The lowest BCUT2D eigenvalue weighted by molar-refractivity contribution is -0.384. The molecule has 32 heavy (non-hydrogen) atoms. The molecule has 1 aliphatic rings. The van der Waals surface area contributed by atoms with Crippen LogP contribution in [0.4, 0.5) is 22.7 Å². The van der Waals surface area contributed by atoms with E-state index < -0.39 is 0 Å². The molecule has 1 N–H and O–H groups in total. The van der Waals surface area contributed by atoms with Gasteiger partial charge in [0.25, 0.3) is 11.6 Å². The zero-order chi connectivity index (χ0) is 22.5. The van der Waals surface area contributed by atoms with Crippen LogP contribution in [0.5, 0.6) is 0 Å². The lowest BCUT2D eigenvalue weighted by Crippen LogP contribution is -2.47. The zero-order valence-electron chi connectivity index (χ0n) is 19.1. The van der Waals surface area contributed by atoms with Gasteiger partial charge in [-0.2, -0.15) is 0 Å². The first-order valence-electron chi connectivity index (χ1n) is 10.7. The average Bonchev–Trinajstić information content (AvgIpc) is 2.77. The Balaban J connectivity index is 0.00000363. The van der Waals surface area contributed by atoms with Gasteiger partial charge in [0, 0.05) is 52.9 Å². The number of nitro benzene ring substituents is 1. The third-order valence-corrected chi connectivity index (χ3v) is 5.49. The molecule has 2 aromatic carbocycles. The fourth-order valence-electron chi connectivity index (χ4n) is 3.94. The van der Waals surface area contributed by atoms with Crippen molar-refractivity contribution in [2.45, 2.75) is 20.3 Å². The average molecular weight is 462 g/mol. The number of nitrogens with zero attached hydrogens (tertiary/aromatic N) is 4. The molecule has 0 aliphatic carbocycles. The summed E-state index contributed by atoms with van der Waals surface area (Å²) in [5, 5.41) is 14.9. The van der Waals surface area contributed by atoms with E-state index in [0.29, 0.717) is 37.4 Å². The number of amides is 1. The molecule has 0 unspecified atom stereocenters. The molecule has 0 atom stereocenters. The molecule has 8 nitrogen and oxygen atoms in total. The van der Waals surface area contributed by atoms with Crippen LogP contribution >= 0.6 is 12.4 Å². The highest BCUT2D eigenvalue weighted by Gasteiger charge is 2.26. The van der Waals surface area contributed by atoms with Crippen molar-refractivity contribution in [3.8, 4) is 0 Å². The van der Waals surface area contributed by atoms with Crippen LogP contribution in [0.1, 0.15) is 29.3 Å². The number of benzene rings is 2. The predicted molar refractivity (Wildman–Crippen MR) is 133 cm³/mol. The van der Waals surface area contributed by atoms with Crippen molar-refractivity contribution in [2.24, 2.45) is 0 Å². The van der Waals surface area contributed by atoms with Gasteiger partial charge in [-0.1, -0.05) is 19.1 Å². The van der Waals surface area contributed by atoms with Gasteiger partial charge in [0.05, 0.1) is 21.9 Å². The number of anilines is 3. The van der Waals surface area contributed by atoms with E-state index in [1.807, 2.05) is 25.1 Å². The Morgan fingerprint density at radius 1 is 1.09 bits per heavy atom. The SMILES string of the molecule is CCCNc1c(C(=O)N(C)C)cc(C)cc1N1CCN(c2ccccc2[N+](=O)[O-])CC1.Cl. The van der Waals surface area contributed by atoms with E-state index in [-0.39, 0.29) is 28.9 Å². The Kier molecular flexibility index (Phi) is 8.72. The maximum atomic E-state index is 12.8. The Hall–Kier alpha value is -3.00. The van der Waals surface area contributed by atoms with Crippen molar-refractivity contribution in [3.63, 3.8) is 0 Å². The third kappa shape index (κ3) is 5.43. The van der Waals surface area contributed by atoms with E-state index in [4.69, 9.17) is 0 Å². The molecule has 1 aliphatic heterocycles. The number of halogens is 1. The second-order valence-electron chi connectivity index (χ2n) is 8.05. The monoisotopic (exact) mass is 461 g/mol. The van der Waals surface area contributed by atoms with Gasteiger partial charge in [-0.15, -0.1) is 12.4 Å². The third-order valence-electron chi connectivity index (χ3n) is 5.49. The van der Waals surface area contributed by atoms with Gasteiger partial charge in [-0.3, -0.25) is 14.9 Å². The number of nitrogens with one attached hydrogen (secondary N) is 1. The molecule has 2 aromatic rings. The molecule has 174 valence electrons. The summed E-state index contributed by atoms with van der Waals surface area (Å²) >= 11 is 0. The molecule has 1 amide bonds. The van der Waals surface area contributed by atoms with Gasteiger partial charge in [0.2, 0.25) is 0 Å². The number of piperazine rings is 1. The van der Waals surface area contributed by atoms with Gasteiger partial charge >= 0.3 is 0 Å². The van der Waals surface area contributed by atoms with E-state index in [2.05, 4.69) is 28.1 Å². The quantitative estimate of drug-likeness (QED) is 0.492. The number of carbonyl (C=O) groups is 1. The number of rotatable bonds is 7. The standard InChI is InChI=1S/C23H31N5O3.ClH/c1-5-10-24-22-18(23(29)25(3)4)15-17(2)16-21(22)27-13-11-26(12-14-27)19-8-6-7-9-20(19)28(30)31;/h6-9,15-16,24H,5,10-14H2,1-4H3;1H. The van der Waals surface area contributed by atoms with Crippen LogP contribution < -0.4 is 15.1 Å². The van der Waals surface area contributed by atoms with Crippen molar-refractivity contribution < 1.29 is 9.72 Å². The first-order valence-corrected chi connectivity index (χ1v) is 10.7. The first-order chi connectivity index (χ1) is 14.8. The second-order valence-corrected chi connectivity index (χ2v) is 8.05. The van der Waals surface area contributed by atoms with Crippen molar-refractivity contribution in [3.05, 3.63) is 57.6 Å². The van der Waals surface area contributed by atoms with E-state index in [0.717, 1.165) is 29.9 Å². The van der Waals surface area contributed by atoms with Crippen LogP contribution in [0, 0.1) is 17.0 Å². The molecular formula is C23H32ClN5O3. The first kappa shape index (κ1) is 25.3. The van der Waals surface area contributed by atoms with E-state index >= 15 is 0 Å². The molecule has 1 heterocycles. The Bertz CT molecular complexity index is 959. The maximum Gasteiger partial charge on any atom is 0.292 e. The summed E-state index contributed by atoms with van der Waals surface area (Å²) in [6.07, 6.45) is 0.953. The molecule has 0 aromatic heterocycles. The molecule has 9 heteroatoms. The number of carbonyl (C=O) groups excluding carboxylic acids is 1. The molecule has 0 bridgehead atoms. The smallest absolute Gasteiger partial charge is 0.292 e. The fraction of sp³-hybridized carbons (Fsp3) is 0.435. The maximum absolute atomic E-state index is 12.8. The predicted octanol–water partition coefficient (Wildman–Crippen LogP) is 4.18. The summed E-state index contributed by atoms with van der Waals surface area (Å²) in [6.45, 7) is 7.65. The Morgan fingerprint density at radius 2 is 1.69 bits per heavy atom. The van der Waals surface area contributed by atoms with Crippen LogP contribution in [-0.2, 0) is 0 Å². The summed E-state index contributed by atoms with van der Waals surface area (Å²) in [5.74, 6) is -0.0258. The van der Waals surface area contributed by atoms with Crippen LogP contribution in [-0.4, -0.2) is 62.5 Å². The number of hydrogen-bond acceptors (Lipinski definition) is 6. The Morgan fingerprint density at radius 3 is 2.25 bits per heavy atom. The molecule has 1 fully saturated rings. The van der Waals surface area contributed by atoms with Crippen LogP contribution in [0.2, 0.25) is 0 Å². The fourth-order valence-corrected chi connectivity index (χ4v) is 3.94. The molecule has 0 radical (unpaired) electrons. The summed E-state index contributed by atoms with van der Waals surface area (Å²) < 4.78 is 0. The minimum atomic E-state index is -0.325. The number of aryl methyl sites for hydroxylation is 1. The minimum Gasteiger partial charge on any atom is -0.383 e. The van der Waals surface area contributed by atoms with Crippen molar-refractivity contribution >= 4 is 41.1 Å². The summed E-state index contributed by atoms with van der Waals surface area (Å²) in [6, 6.07) is 10.9. The highest BCUT2D eigenvalue weighted by atomic mass is 35.5. The summed E-state index contributed by atoms with van der Waals surface area (Å²) in [4.78, 5) is 29.9. The molecule has 3 rings (SSSR count). The summed E-state index contributed by atoms with van der Waals surface area (Å²) in [7, 11) is 3.53. The van der Waals surface area contributed by atoms with Crippen molar-refractivity contribution in [2.75, 3.05) is 61.9 Å². The lowest BCUT2D eigenvalue weighted by Gasteiger charge is -2.38. The highest BCUT2D eigenvalue weighted by molar-refractivity contribution is 6.02. The van der Waals surface area contributed by atoms with Crippen molar-refractivity contribution in [1.82, 2.24) is 4.90 Å². The van der Waals surface area contributed by atoms with Gasteiger partial charge in [0.15, 0.2) is 0 Å². The largest absolute Gasteiger partial charge is 0.383 e. The van der Waals surface area contributed by atoms with Crippen LogP contribution in [0.25, 0.3) is 0 Å². The summed E-state index contributed by atoms with van der Waals surface area (Å²) in [5.41, 5.74) is 4.38. The normalized spacial score (nSPS) is 13.4. The molecule has 0 spiro atoms. The topological polar surface area (TPSA) is 82.0 Å². The minimum absolute atomic E-state index is 0. The number of para-hydroxylation sites is 2. The van der Waals surface area contributed by atoms with E-state index in [9.17, 15) is 14.9 Å². The lowest BCUT2D eigenvalue weighted by atomic mass is 10.0. The van der Waals surface area contributed by atoms with Crippen LogP contribution in [0.3, 0.4) is 0 Å². The van der Waals surface area contributed by atoms with Crippen LogP contribution in [0.15, 0.2) is 36.4 Å². The van der Waals surface area contributed by atoms with Gasteiger partial charge in [-0.25, -0.2) is 0 Å². The van der Waals surface area contributed by atoms with E-state index in [1.165, 1.54) is 0 Å². The van der Waals surface area contributed by atoms with Crippen molar-refractivity contribution in [1.29, 1.82) is 0 Å². The Labute approximate surface area is 195 Å². The zero-order valence-corrected chi connectivity index (χ0v) is 19.9. The molecule has 0 saturated carbocycles. The highest BCUT2D eigenvalue weighted by Crippen LogP contribution is 2.34. The number of nitro groups is 1. The van der Waals surface area contributed by atoms with E-state index in [1.54, 1.807) is 31.1 Å².